The Balaban J connectivity index is 1.26. The first-order valence-corrected chi connectivity index (χ1v) is 21.2. The molecule has 1 N–H and O–H groups in total. The highest BCUT2D eigenvalue weighted by Gasteiger charge is 2.38. The number of anilines is 1. The van der Waals surface area contributed by atoms with Crippen LogP contribution in [0.4, 0.5) is 10.5 Å². The molecule has 4 aliphatic rings. The van der Waals surface area contributed by atoms with E-state index >= 15 is 0 Å². The summed E-state index contributed by atoms with van der Waals surface area (Å²) in [5, 5.41) is 0.701. The van der Waals surface area contributed by atoms with Gasteiger partial charge in [0.1, 0.15) is 15.7 Å². The van der Waals surface area contributed by atoms with Crippen LogP contribution in [0.2, 0.25) is 5.02 Å². The van der Waals surface area contributed by atoms with E-state index in [0.29, 0.717) is 73.1 Å². The van der Waals surface area contributed by atoms with Crippen molar-refractivity contribution in [3.8, 4) is 5.75 Å². The van der Waals surface area contributed by atoms with Crippen LogP contribution in [0.5, 0.6) is 5.75 Å². The number of methoxy groups -OCH3 is 2. The number of fused-ring (bicyclic) bond motifs is 4. The first-order chi connectivity index (χ1) is 26.5. The molecule has 55 heavy (non-hydrogen) atoms. The number of aryl methyl sites for hydroxylation is 1. The number of carbonyl (C=O) groups is 3. The number of rotatable bonds is 3. The lowest BCUT2D eigenvalue weighted by atomic mass is 9.70. The maximum Gasteiger partial charge on any atom is 0.339 e. The van der Waals surface area contributed by atoms with Crippen LogP contribution in [-0.4, -0.2) is 77.4 Å². The third-order valence-corrected chi connectivity index (χ3v) is 13.6. The zero-order chi connectivity index (χ0) is 38.7. The molecule has 1 fully saturated rings. The van der Waals surface area contributed by atoms with Crippen LogP contribution in [0.1, 0.15) is 76.6 Å². The largest absolute Gasteiger partial charge is 0.491 e. The number of benzene rings is 2. The van der Waals surface area contributed by atoms with Gasteiger partial charge >= 0.3 is 12.0 Å². The Kier molecular flexibility index (Phi) is 11.9. The van der Waals surface area contributed by atoms with E-state index in [0.717, 1.165) is 43.4 Å². The van der Waals surface area contributed by atoms with Crippen LogP contribution in [0.3, 0.4) is 0 Å². The van der Waals surface area contributed by atoms with E-state index in [4.69, 9.17) is 25.8 Å². The van der Waals surface area contributed by atoms with Crippen LogP contribution in [-0.2, 0) is 45.4 Å². The summed E-state index contributed by atoms with van der Waals surface area (Å²) in [7, 11) is -0.576. The average molecular weight is 792 g/mol. The first-order valence-electron chi connectivity index (χ1n) is 19.1. The topological polar surface area (TPSA) is 132 Å². The molecule has 3 amide bonds. The van der Waals surface area contributed by atoms with Gasteiger partial charge in [-0.2, -0.15) is 0 Å². The highest BCUT2D eigenvalue weighted by atomic mass is 35.5. The summed E-state index contributed by atoms with van der Waals surface area (Å²) < 4.78 is 41.1. The van der Waals surface area contributed by atoms with Crippen LogP contribution in [0.25, 0.3) is 0 Å². The van der Waals surface area contributed by atoms with Gasteiger partial charge in [0.25, 0.3) is 5.91 Å². The third kappa shape index (κ3) is 8.74. The van der Waals surface area contributed by atoms with E-state index in [2.05, 4.69) is 38.3 Å². The molecule has 14 heteroatoms. The highest BCUT2D eigenvalue weighted by Crippen LogP contribution is 2.42. The van der Waals surface area contributed by atoms with Gasteiger partial charge in [-0.25, -0.2) is 13.8 Å². The molecule has 3 aliphatic heterocycles. The number of hydrogen-bond acceptors (Lipinski definition) is 8. The van der Waals surface area contributed by atoms with Crippen molar-refractivity contribution in [3.63, 3.8) is 0 Å². The second-order valence-electron chi connectivity index (χ2n) is 15.1. The molecular formula is C41H50ClN5O7S. The van der Waals surface area contributed by atoms with Gasteiger partial charge < -0.3 is 28.6 Å². The van der Waals surface area contributed by atoms with E-state index in [1.807, 2.05) is 17.6 Å². The van der Waals surface area contributed by atoms with Crippen molar-refractivity contribution in [3.05, 3.63) is 93.8 Å². The molecule has 1 saturated carbocycles. The third-order valence-electron chi connectivity index (χ3n) is 11.4. The molecule has 294 valence electrons. The zero-order valence-corrected chi connectivity index (χ0v) is 33.3. The fourth-order valence-corrected chi connectivity index (χ4v) is 10.3. The number of nitrogens with one attached hydrogen (secondary N) is 1. The molecular weight excluding hydrogens is 742 g/mol. The van der Waals surface area contributed by atoms with E-state index in [1.54, 1.807) is 37.6 Å². The minimum Gasteiger partial charge on any atom is -0.491 e. The standard InChI is InChI=1S/C41H50ClN5O7S/c1-27-7-6-9-37(52-2)33-14-11-31(33)24-47-23-30-10-13-32(42)21-28(30)8-4-5-20-54-38-15-12-29(22-35(38)47)39(48)43-55(51,26-27)44-41(50)46-19-18-45-17-16-34(36(45)25-46)40(49)53-3/h6,9-10,12-13,15-17,21-22,27,31,33,37H,4-5,7-8,11,14,18-20,23-26H2,1-3H3,(H,43,44,48,50,51)/b9-6+/t27-,31-,33+,37-,55-/m0/s1. The Bertz CT molecular complexity index is 2090. The SMILES string of the molecule is COC(=O)c1ccn2c1CN(C(=O)N[S@@]1(=O)=NC(=O)c3ccc4c(c3)N(Cc3ccc(Cl)cc3CCCCO4)C[C@@H]3CC[C@H]3[C@@H](OC)/C=C/C[C@H](C)C1)CC2. The van der Waals surface area contributed by atoms with Crippen molar-refractivity contribution in [1.82, 2.24) is 14.2 Å². The van der Waals surface area contributed by atoms with Crippen molar-refractivity contribution in [2.45, 2.75) is 71.2 Å². The Labute approximate surface area is 328 Å². The molecule has 3 aromatic rings. The molecule has 1 aromatic heterocycles. The summed E-state index contributed by atoms with van der Waals surface area (Å²) >= 11 is 6.48. The number of nitrogens with zero attached hydrogens (tertiary/aromatic N) is 4. The molecule has 7 rings (SSSR count). The monoisotopic (exact) mass is 791 g/mol. The van der Waals surface area contributed by atoms with Gasteiger partial charge in [0.2, 0.25) is 0 Å². The first kappa shape index (κ1) is 38.9. The summed E-state index contributed by atoms with van der Waals surface area (Å²) in [4.78, 5) is 44.2. The van der Waals surface area contributed by atoms with Crippen molar-refractivity contribution in [2.24, 2.45) is 22.1 Å². The molecule has 0 spiro atoms. The smallest absolute Gasteiger partial charge is 0.339 e. The van der Waals surface area contributed by atoms with Gasteiger partial charge in [-0.1, -0.05) is 36.7 Å². The second-order valence-corrected chi connectivity index (χ2v) is 17.6. The molecule has 1 aliphatic carbocycles. The molecule has 4 heterocycles. The summed E-state index contributed by atoms with van der Waals surface area (Å²) in [6.45, 7) is 4.59. The number of esters is 1. The number of carbonyl (C=O) groups excluding carboxylic acids is 3. The molecule has 0 radical (unpaired) electrons. The van der Waals surface area contributed by atoms with E-state index in [9.17, 15) is 18.6 Å². The number of aromatic nitrogens is 1. The minimum absolute atomic E-state index is 0.0460. The van der Waals surface area contributed by atoms with Gasteiger partial charge in [0, 0.05) is 50.1 Å². The Morgan fingerprint density at radius 2 is 1.89 bits per heavy atom. The minimum atomic E-state index is -3.63. The summed E-state index contributed by atoms with van der Waals surface area (Å²) in [6.07, 6.45) is 11.2. The Hall–Kier alpha value is -4.33. The number of hydrogen-bond donors (Lipinski definition) is 1. The fraction of sp³-hybridized carbons (Fsp3) is 0.488. The van der Waals surface area contributed by atoms with E-state index in [-0.39, 0.29) is 29.9 Å². The summed E-state index contributed by atoms with van der Waals surface area (Å²) in [6, 6.07) is 12.4. The Morgan fingerprint density at radius 1 is 1.04 bits per heavy atom. The van der Waals surface area contributed by atoms with Gasteiger partial charge in [0.15, 0.2) is 0 Å². The maximum absolute atomic E-state index is 14.8. The number of urea groups is 1. The second kappa shape index (κ2) is 16.8. The average Bonchev–Trinajstić information content (AvgIpc) is 3.57. The zero-order valence-electron chi connectivity index (χ0n) is 31.7. The molecule has 2 bridgehead atoms. The van der Waals surface area contributed by atoms with Gasteiger partial charge in [-0.05, 0) is 104 Å². The normalized spacial score (nSPS) is 26.4. The van der Waals surface area contributed by atoms with Gasteiger partial charge in [-0.3, -0.25) is 9.52 Å². The Morgan fingerprint density at radius 3 is 2.67 bits per heavy atom. The number of halogens is 1. The van der Waals surface area contributed by atoms with Crippen molar-refractivity contribution in [2.75, 3.05) is 44.6 Å². The maximum atomic E-state index is 14.8. The van der Waals surface area contributed by atoms with Crippen molar-refractivity contribution >= 4 is 45.1 Å². The summed E-state index contributed by atoms with van der Waals surface area (Å²) in [5.74, 6) is -0.128. The van der Waals surface area contributed by atoms with E-state index < -0.39 is 27.8 Å². The lowest BCUT2D eigenvalue weighted by molar-refractivity contribution is 0.0133. The van der Waals surface area contributed by atoms with Crippen LogP contribution >= 0.6 is 11.6 Å². The lowest BCUT2D eigenvalue weighted by Gasteiger charge is -2.43. The number of ether oxygens (including phenoxy) is 3. The van der Waals surface area contributed by atoms with Crippen LogP contribution < -0.4 is 14.4 Å². The van der Waals surface area contributed by atoms with Crippen molar-refractivity contribution < 1.29 is 32.8 Å². The highest BCUT2D eigenvalue weighted by molar-refractivity contribution is 7.92. The van der Waals surface area contributed by atoms with Gasteiger partial charge in [-0.15, -0.1) is 4.36 Å². The quantitative estimate of drug-likeness (QED) is 0.221. The van der Waals surface area contributed by atoms with Gasteiger partial charge in [0.05, 0.1) is 49.1 Å². The molecule has 0 saturated heterocycles. The molecule has 0 unspecified atom stereocenters. The van der Waals surface area contributed by atoms with Crippen molar-refractivity contribution in [1.29, 1.82) is 0 Å². The predicted octanol–water partition coefficient (Wildman–Crippen LogP) is 7.04. The predicted molar refractivity (Wildman–Crippen MR) is 212 cm³/mol. The van der Waals surface area contributed by atoms with Crippen LogP contribution in [0, 0.1) is 17.8 Å². The molecule has 12 nitrogen and oxygen atoms in total. The van der Waals surface area contributed by atoms with E-state index in [1.165, 1.54) is 17.6 Å². The molecule has 2 aromatic carbocycles. The number of amides is 3. The van der Waals surface area contributed by atoms with Crippen LogP contribution in [0.15, 0.2) is 65.2 Å². The lowest BCUT2D eigenvalue weighted by Crippen LogP contribution is -2.47. The summed E-state index contributed by atoms with van der Waals surface area (Å²) in [5.41, 5.74) is 4.35. The fourth-order valence-electron chi connectivity index (χ4n) is 8.22. The molecule has 5 atom stereocenters. The number of allylic oxidation sites excluding steroid dienone is 1.